The predicted molar refractivity (Wildman–Crippen MR) is 61.5 cm³/mol. The van der Waals surface area contributed by atoms with Crippen LogP contribution in [0.2, 0.25) is 0 Å². The number of rotatable bonds is 2. The Labute approximate surface area is 86.2 Å². The molecule has 0 aliphatic heterocycles. The number of fused-ring (bicyclic) bond motifs is 1. The first kappa shape index (κ1) is 9.15. The van der Waals surface area contributed by atoms with E-state index in [4.69, 9.17) is 11.1 Å². The summed E-state index contributed by atoms with van der Waals surface area (Å²) in [5, 5.41) is 8.51. The molecule has 0 radical (unpaired) electrons. The highest BCUT2D eigenvalue weighted by Crippen LogP contribution is 2.21. The van der Waals surface area contributed by atoms with Crippen molar-refractivity contribution >= 4 is 27.8 Å². The maximum absolute atomic E-state index is 7.14. The van der Waals surface area contributed by atoms with Crippen molar-refractivity contribution in [1.82, 2.24) is 4.98 Å². The number of hydrogen-bond donors (Lipinski definition) is 3. The molecule has 72 valence electrons. The third kappa shape index (κ3) is 1.75. The minimum atomic E-state index is 0.162. The van der Waals surface area contributed by atoms with Crippen LogP contribution in [0.15, 0.2) is 30.5 Å². The number of para-hydroxylation sites is 1. The number of nitrogens with two attached hydrogens (primary N) is 1. The standard InChI is InChI=1S/C10H11N3S/c11-10(12)14-6-7-5-13-9-4-2-1-3-8(7)9/h1-5,13H,6H2,(H3,11,12). The molecule has 0 aliphatic rings. The third-order valence-electron chi connectivity index (χ3n) is 2.06. The number of H-pyrrole nitrogens is 1. The Morgan fingerprint density at radius 3 is 3.00 bits per heavy atom. The Kier molecular flexibility index (Phi) is 2.45. The van der Waals surface area contributed by atoms with Crippen molar-refractivity contribution in [1.29, 1.82) is 5.41 Å². The summed E-state index contributed by atoms with van der Waals surface area (Å²) in [6.45, 7) is 0. The van der Waals surface area contributed by atoms with Gasteiger partial charge in [-0.15, -0.1) is 0 Å². The number of nitrogens with one attached hydrogen (secondary N) is 2. The first-order valence-electron chi connectivity index (χ1n) is 4.29. The van der Waals surface area contributed by atoms with E-state index in [-0.39, 0.29) is 5.17 Å². The quantitative estimate of drug-likeness (QED) is 0.520. The van der Waals surface area contributed by atoms with Crippen molar-refractivity contribution in [3.05, 3.63) is 36.0 Å². The molecular weight excluding hydrogens is 194 g/mol. The van der Waals surface area contributed by atoms with E-state index >= 15 is 0 Å². The molecule has 4 N–H and O–H groups in total. The number of aromatic nitrogens is 1. The van der Waals surface area contributed by atoms with Crippen molar-refractivity contribution in [3.63, 3.8) is 0 Å². The molecule has 0 atom stereocenters. The van der Waals surface area contributed by atoms with E-state index in [1.807, 2.05) is 24.4 Å². The van der Waals surface area contributed by atoms with Crippen molar-refractivity contribution in [2.24, 2.45) is 5.73 Å². The van der Waals surface area contributed by atoms with Crippen molar-refractivity contribution in [2.45, 2.75) is 5.75 Å². The molecule has 14 heavy (non-hydrogen) atoms. The van der Waals surface area contributed by atoms with Crippen LogP contribution in [0.25, 0.3) is 10.9 Å². The van der Waals surface area contributed by atoms with E-state index in [0.29, 0.717) is 0 Å². The molecule has 2 aromatic rings. The zero-order valence-electron chi connectivity index (χ0n) is 7.58. The summed E-state index contributed by atoms with van der Waals surface area (Å²) >= 11 is 1.34. The summed E-state index contributed by atoms with van der Waals surface area (Å²) in [6, 6.07) is 8.12. The fourth-order valence-electron chi connectivity index (χ4n) is 1.41. The fourth-order valence-corrected chi connectivity index (χ4v) is 1.96. The Bertz CT molecular complexity index is 461. The highest BCUT2D eigenvalue weighted by molar-refractivity contribution is 8.13. The van der Waals surface area contributed by atoms with Gasteiger partial charge in [-0.3, -0.25) is 5.41 Å². The molecule has 0 saturated heterocycles. The van der Waals surface area contributed by atoms with Gasteiger partial charge in [0, 0.05) is 22.9 Å². The zero-order chi connectivity index (χ0) is 9.97. The van der Waals surface area contributed by atoms with Gasteiger partial charge in [-0.1, -0.05) is 30.0 Å². The van der Waals surface area contributed by atoms with Gasteiger partial charge in [0.25, 0.3) is 0 Å². The summed E-state index contributed by atoms with van der Waals surface area (Å²) in [4.78, 5) is 3.19. The highest BCUT2D eigenvalue weighted by Gasteiger charge is 2.02. The summed E-state index contributed by atoms with van der Waals surface area (Å²) in [5.41, 5.74) is 7.62. The van der Waals surface area contributed by atoms with Crippen molar-refractivity contribution in [3.8, 4) is 0 Å². The van der Waals surface area contributed by atoms with E-state index in [1.165, 1.54) is 22.7 Å². The third-order valence-corrected chi connectivity index (χ3v) is 2.82. The average Bonchev–Trinajstić information content (AvgIpc) is 2.58. The Morgan fingerprint density at radius 2 is 2.21 bits per heavy atom. The van der Waals surface area contributed by atoms with Gasteiger partial charge < -0.3 is 10.7 Å². The van der Waals surface area contributed by atoms with Crippen molar-refractivity contribution < 1.29 is 0 Å². The van der Waals surface area contributed by atoms with E-state index in [9.17, 15) is 0 Å². The topological polar surface area (TPSA) is 65.7 Å². The van der Waals surface area contributed by atoms with Gasteiger partial charge >= 0.3 is 0 Å². The van der Waals surface area contributed by atoms with E-state index in [2.05, 4.69) is 11.1 Å². The lowest BCUT2D eigenvalue weighted by Crippen LogP contribution is -2.03. The summed E-state index contributed by atoms with van der Waals surface area (Å²) in [6.07, 6.45) is 1.97. The average molecular weight is 205 g/mol. The second-order valence-electron chi connectivity index (χ2n) is 3.01. The Morgan fingerprint density at radius 1 is 1.43 bits per heavy atom. The first-order valence-corrected chi connectivity index (χ1v) is 5.28. The maximum Gasteiger partial charge on any atom is 0.151 e. The molecule has 0 spiro atoms. The maximum atomic E-state index is 7.14. The fraction of sp³-hybridized carbons (Fsp3) is 0.100. The van der Waals surface area contributed by atoms with Crippen LogP contribution < -0.4 is 5.73 Å². The summed E-state index contributed by atoms with van der Waals surface area (Å²) in [7, 11) is 0. The van der Waals surface area contributed by atoms with Crippen LogP contribution in [-0.4, -0.2) is 10.2 Å². The van der Waals surface area contributed by atoms with Crippen LogP contribution in [-0.2, 0) is 5.75 Å². The van der Waals surface area contributed by atoms with Gasteiger partial charge in [0.1, 0.15) is 0 Å². The van der Waals surface area contributed by atoms with Crippen molar-refractivity contribution in [2.75, 3.05) is 0 Å². The summed E-state index contributed by atoms with van der Waals surface area (Å²) in [5.74, 6) is 0.749. The molecule has 2 rings (SSSR count). The van der Waals surface area contributed by atoms with Crippen LogP contribution in [0.3, 0.4) is 0 Å². The zero-order valence-corrected chi connectivity index (χ0v) is 8.40. The lowest BCUT2D eigenvalue weighted by molar-refractivity contribution is 1.40. The number of amidine groups is 1. The SMILES string of the molecule is N=C(N)SCc1c[nH]c2ccccc12. The molecular formula is C10H11N3S. The van der Waals surface area contributed by atoms with Crippen LogP contribution in [0.1, 0.15) is 5.56 Å². The molecule has 0 amide bonds. The number of aromatic amines is 1. The second-order valence-corrected chi connectivity index (χ2v) is 4.03. The van der Waals surface area contributed by atoms with E-state index < -0.39 is 0 Å². The molecule has 1 aromatic carbocycles. The lowest BCUT2D eigenvalue weighted by atomic mass is 10.2. The van der Waals surface area contributed by atoms with Gasteiger partial charge in [-0.2, -0.15) is 0 Å². The van der Waals surface area contributed by atoms with Gasteiger partial charge in [0.2, 0.25) is 0 Å². The summed E-state index contributed by atoms with van der Waals surface area (Å²) < 4.78 is 0. The monoisotopic (exact) mass is 205 g/mol. The molecule has 0 fully saturated rings. The van der Waals surface area contributed by atoms with Gasteiger partial charge in [0.05, 0.1) is 0 Å². The molecule has 1 aromatic heterocycles. The minimum absolute atomic E-state index is 0.162. The lowest BCUT2D eigenvalue weighted by Gasteiger charge is -1.97. The van der Waals surface area contributed by atoms with Crippen LogP contribution in [0, 0.1) is 5.41 Å². The largest absolute Gasteiger partial charge is 0.379 e. The van der Waals surface area contributed by atoms with E-state index in [0.717, 1.165) is 11.3 Å². The van der Waals surface area contributed by atoms with Crippen LogP contribution >= 0.6 is 11.8 Å². The predicted octanol–water partition coefficient (Wildman–Crippen LogP) is 2.29. The van der Waals surface area contributed by atoms with Gasteiger partial charge in [0.15, 0.2) is 5.17 Å². The first-order chi connectivity index (χ1) is 6.77. The highest BCUT2D eigenvalue weighted by atomic mass is 32.2. The van der Waals surface area contributed by atoms with Crippen LogP contribution in [0.5, 0.6) is 0 Å². The molecule has 0 aliphatic carbocycles. The molecule has 3 nitrogen and oxygen atoms in total. The van der Waals surface area contributed by atoms with Gasteiger partial charge in [-0.25, -0.2) is 0 Å². The molecule has 0 bridgehead atoms. The molecule has 4 heteroatoms. The van der Waals surface area contributed by atoms with Crippen LogP contribution in [0.4, 0.5) is 0 Å². The molecule has 0 saturated carbocycles. The normalized spacial score (nSPS) is 10.6. The number of benzene rings is 1. The second kappa shape index (κ2) is 3.75. The number of thioether (sulfide) groups is 1. The smallest absolute Gasteiger partial charge is 0.151 e. The minimum Gasteiger partial charge on any atom is -0.379 e. The Balaban J connectivity index is 2.29. The van der Waals surface area contributed by atoms with Gasteiger partial charge in [-0.05, 0) is 11.6 Å². The van der Waals surface area contributed by atoms with E-state index in [1.54, 1.807) is 0 Å². The number of hydrogen-bond acceptors (Lipinski definition) is 2. The Hall–Kier alpha value is -1.42. The molecule has 0 unspecified atom stereocenters. The molecule has 1 heterocycles.